The third-order valence-corrected chi connectivity index (χ3v) is 4.00. The topological polar surface area (TPSA) is 80.0 Å². The van der Waals surface area contributed by atoms with Crippen molar-refractivity contribution in [1.82, 2.24) is 20.1 Å². The predicted molar refractivity (Wildman–Crippen MR) is 94.6 cm³/mol. The van der Waals surface area contributed by atoms with Gasteiger partial charge in [0.2, 0.25) is 0 Å². The monoisotopic (exact) mass is 336 g/mol. The van der Waals surface area contributed by atoms with Gasteiger partial charge in [0.15, 0.2) is 0 Å². The highest BCUT2D eigenvalue weighted by molar-refractivity contribution is 5.92. The number of hydrogen-bond acceptors (Lipinski definition) is 4. The Morgan fingerprint density at radius 1 is 1.16 bits per heavy atom. The number of amides is 1. The van der Waals surface area contributed by atoms with Crippen LogP contribution in [0.3, 0.4) is 0 Å². The average molecular weight is 336 g/mol. The Hall–Kier alpha value is -2.99. The fourth-order valence-corrected chi connectivity index (χ4v) is 2.68. The number of aliphatic hydroxyl groups excluding tert-OH is 1. The van der Waals surface area contributed by atoms with Gasteiger partial charge in [0.05, 0.1) is 5.69 Å². The fraction of sp³-hybridized carbons (Fsp3) is 0.211. The lowest BCUT2D eigenvalue weighted by molar-refractivity contribution is 0.0944. The van der Waals surface area contributed by atoms with Gasteiger partial charge in [-0.05, 0) is 30.2 Å². The number of nitrogens with one attached hydrogen (secondary N) is 1. The summed E-state index contributed by atoms with van der Waals surface area (Å²) in [5.74, 6) is -0.183. The molecule has 1 atom stereocenters. The van der Waals surface area contributed by atoms with E-state index >= 15 is 0 Å². The van der Waals surface area contributed by atoms with E-state index in [2.05, 4.69) is 15.4 Å². The van der Waals surface area contributed by atoms with Crippen LogP contribution in [0.15, 0.2) is 67.1 Å². The number of carbonyl (C=O) groups is 1. The summed E-state index contributed by atoms with van der Waals surface area (Å²) in [5.41, 5.74) is 2.21. The second-order valence-electron chi connectivity index (χ2n) is 5.68. The Morgan fingerprint density at radius 2 is 2.00 bits per heavy atom. The molecule has 0 radical (unpaired) electrons. The normalized spacial score (nSPS) is 11.9. The number of pyridine rings is 1. The summed E-state index contributed by atoms with van der Waals surface area (Å²) in [4.78, 5) is 16.6. The molecule has 0 bridgehead atoms. The van der Waals surface area contributed by atoms with Crippen LogP contribution in [0.2, 0.25) is 0 Å². The molecule has 0 fully saturated rings. The van der Waals surface area contributed by atoms with Gasteiger partial charge in [-0.15, -0.1) is 0 Å². The van der Waals surface area contributed by atoms with E-state index in [1.165, 1.54) is 0 Å². The summed E-state index contributed by atoms with van der Waals surface area (Å²) in [6.07, 6.45) is 5.67. The zero-order valence-electron chi connectivity index (χ0n) is 13.7. The molecule has 3 aromatic rings. The summed E-state index contributed by atoms with van der Waals surface area (Å²) in [7, 11) is 0. The lowest BCUT2D eigenvalue weighted by atomic mass is 9.96. The van der Waals surface area contributed by atoms with Crippen molar-refractivity contribution in [2.24, 2.45) is 0 Å². The number of benzene rings is 1. The number of nitrogens with zero attached hydrogens (tertiary/aromatic N) is 3. The number of hydrogen-bond donors (Lipinski definition) is 2. The summed E-state index contributed by atoms with van der Waals surface area (Å²) in [6, 6.07) is 15.2. The largest absolute Gasteiger partial charge is 0.396 e. The first-order valence-corrected chi connectivity index (χ1v) is 8.18. The van der Waals surface area contributed by atoms with E-state index in [1.54, 1.807) is 29.2 Å². The van der Waals surface area contributed by atoms with E-state index in [0.717, 1.165) is 11.3 Å². The minimum atomic E-state index is -0.243. The average Bonchev–Trinajstić information content (AvgIpc) is 3.20. The molecule has 0 saturated carbocycles. The Labute approximate surface area is 146 Å². The van der Waals surface area contributed by atoms with Crippen molar-refractivity contribution in [2.45, 2.75) is 12.3 Å². The van der Waals surface area contributed by atoms with E-state index in [0.29, 0.717) is 18.7 Å². The Morgan fingerprint density at radius 3 is 2.72 bits per heavy atom. The standard InChI is InChI=1S/C19H20N4O2/c24-12-8-16(15-5-2-1-3-6-15)14-21-19(25)18-13-17(7-10-20-18)23-11-4-9-22-23/h1-7,9-11,13,16,24H,8,12,14H2,(H,21,25). The molecular formula is C19H20N4O2. The maximum absolute atomic E-state index is 12.4. The SMILES string of the molecule is O=C(NCC(CCO)c1ccccc1)c1cc(-n2cccn2)ccn1. The summed E-state index contributed by atoms with van der Waals surface area (Å²) in [5, 5.41) is 16.4. The van der Waals surface area contributed by atoms with Crippen LogP contribution in [0.1, 0.15) is 28.4 Å². The third kappa shape index (κ3) is 4.30. The van der Waals surface area contributed by atoms with E-state index < -0.39 is 0 Å². The van der Waals surface area contributed by atoms with Gasteiger partial charge in [-0.25, -0.2) is 4.68 Å². The van der Waals surface area contributed by atoms with E-state index in [9.17, 15) is 9.90 Å². The van der Waals surface area contributed by atoms with Crippen LogP contribution in [0.4, 0.5) is 0 Å². The maximum Gasteiger partial charge on any atom is 0.269 e. The molecule has 1 aromatic carbocycles. The van der Waals surface area contributed by atoms with Crippen LogP contribution >= 0.6 is 0 Å². The van der Waals surface area contributed by atoms with Crippen molar-refractivity contribution in [3.8, 4) is 5.69 Å². The smallest absolute Gasteiger partial charge is 0.269 e. The first-order chi connectivity index (χ1) is 12.3. The predicted octanol–water partition coefficient (Wildman–Crippen LogP) is 2.16. The van der Waals surface area contributed by atoms with Gasteiger partial charge in [0.25, 0.3) is 5.91 Å². The minimum absolute atomic E-state index is 0.0597. The van der Waals surface area contributed by atoms with Crippen molar-refractivity contribution < 1.29 is 9.90 Å². The van der Waals surface area contributed by atoms with Gasteiger partial charge in [0, 0.05) is 37.7 Å². The summed E-state index contributed by atoms with van der Waals surface area (Å²) < 4.78 is 1.68. The highest BCUT2D eigenvalue weighted by atomic mass is 16.3. The van der Waals surface area contributed by atoms with Crippen molar-refractivity contribution in [2.75, 3.05) is 13.2 Å². The number of carbonyl (C=O) groups excluding carboxylic acids is 1. The lowest BCUT2D eigenvalue weighted by Crippen LogP contribution is -2.29. The molecule has 0 aliphatic rings. The van der Waals surface area contributed by atoms with Gasteiger partial charge >= 0.3 is 0 Å². The molecule has 0 saturated heterocycles. The van der Waals surface area contributed by atoms with E-state index in [1.807, 2.05) is 42.6 Å². The molecule has 128 valence electrons. The van der Waals surface area contributed by atoms with Crippen LogP contribution in [-0.2, 0) is 0 Å². The van der Waals surface area contributed by atoms with Gasteiger partial charge in [0.1, 0.15) is 5.69 Å². The first-order valence-electron chi connectivity index (χ1n) is 8.18. The molecule has 0 spiro atoms. The van der Waals surface area contributed by atoms with Gasteiger partial charge in [-0.2, -0.15) is 5.10 Å². The lowest BCUT2D eigenvalue weighted by Gasteiger charge is -2.17. The Bertz CT molecular complexity index is 803. The van der Waals surface area contributed by atoms with Crippen molar-refractivity contribution >= 4 is 5.91 Å². The molecule has 0 aliphatic heterocycles. The molecule has 2 N–H and O–H groups in total. The van der Waals surface area contributed by atoms with Gasteiger partial charge < -0.3 is 10.4 Å². The first kappa shape index (κ1) is 16.9. The molecule has 6 heteroatoms. The van der Waals surface area contributed by atoms with Gasteiger partial charge in [-0.1, -0.05) is 30.3 Å². The minimum Gasteiger partial charge on any atom is -0.396 e. The van der Waals surface area contributed by atoms with Crippen LogP contribution in [-0.4, -0.2) is 38.9 Å². The van der Waals surface area contributed by atoms with Crippen molar-refractivity contribution in [3.63, 3.8) is 0 Å². The second kappa shape index (κ2) is 8.21. The maximum atomic E-state index is 12.4. The zero-order chi connectivity index (χ0) is 17.5. The Kier molecular flexibility index (Phi) is 5.53. The highest BCUT2D eigenvalue weighted by Crippen LogP contribution is 2.18. The molecule has 25 heavy (non-hydrogen) atoms. The van der Waals surface area contributed by atoms with Crippen LogP contribution in [0.5, 0.6) is 0 Å². The van der Waals surface area contributed by atoms with Gasteiger partial charge in [-0.3, -0.25) is 9.78 Å². The summed E-state index contributed by atoms with van der Waals surface area (Å²) in [6.45, 7) is 0.513. The van der Waals surface area contributed by atoms with E-state index in [-0.39, 0.29) is 18.4 Å². The fourth-order valence-electron chi connectivity index (χ4n) is 2.68. The van der Waals surface area contributed by atoms with Crippen molar-refractivity contribution in [3.05, 3.63) is 78.4 Å². The molecule has 1 unspecified atom stereocenters. The second-order valence-corrected chi connectivity index (χ2v) is 5.68. The van der Waals surface area contributed by atoms with Crippen LogP contribution < -0.4 is 5.32 Å². The molecule has 2 aromatic heterocycles. The zero-order valence-corrected chi connectivity index (χ0v) is 13.7. The van der Waals surface area contributed by atoms with Crippen LogP contribution in [0, 0.1) is 0 Å². The Balaban J connectivity index is 1.68. The molecule has 3 rings (SSSR count). The molecular weight excluding hydrogens is 316 g/mol. The summed E-state index contributed by atoms with van der Waals surface area (Å²) >= 11 is 0. The molecule has 2 heterocycles. The van der Waals surface area contributed by atoms with Crippen molar-refractivity contribution in [1.29, 1.82) is 0 Å². The molecule has 6 nitrogen and oxygen atoms in total. The number of aliphatic hydroxyl groups is 1. The number of rotatable bonds is 7. The third-order valence-electron chi connectivity index (χ3n) is 4.00. The molecule has 1 amide bonds. The molecule has 0 aliphatic carbocycles. The quantitative estimate of drug-likeness (QED) is 0.693. The highest BCUT2D eigenvalue weighted by Gasteiger charge is 2.14. The van der Waals surface area contributed by atoms with E-state index in [4.69, 9.17) is 0 Å². The van der Waals surface area contributed by atoms with Crippen LogP contribution in [0.25, 0.3) is 5.69 Å². The number of aromatic nitrogens is 3.